The minimum atomic E-state index is -0.408. The zero-order chi connectivity index (χ0) is 21.8. The first-order valence-corrected chi connectivity index (χ1v) is 9.69. The van der Waals surface area contributed by atoms with Crippen LogP contribution in [0.25, 0.3) is 11.0 Å². The summed E-state index contributed by atoms with van der Waals surface area (Å²) in [6.45, 7) is 2.48. The number of carbonyl (C=O) groups is 2. The van der Waals surface area contributed by atoms with Gasteiger partial charge >= 0.3 is 5.97 Å². The Kier molecular flexibility index (Phi) is 5.70. The number of hydrogen-bond donors (Lipinski definition) is 1. The monoisotopic (exact) mass is 418 g/mol. The molecular formula is C23H19FN4O3. The lowest BCUT2D eigenvalue weighted by molar-refractivity contribution is 0.0526. The van der Waals surface area contributed by atoms with Crippen LogP contribution in [0.1, 0.15) is 33.2 Å². The lowest BCUT2D eigenvalue weighted by Gasteiger charge is -2.07. The van der Waals surface area contributed by atoms with Gasteiger partial charge in [0.05, 0.1) is 24.2 Å². The van der Waals surface area contributed by atoms with Gasteiger partial charge in [-0.05, 0) is 67.1 Å². The highest BCUT2D eigenvalue weighted by Crippen LogP contribution is 2.17. The first-order chi connectivity index (χ1) is 15.0. The third-order valence-corrected chi connectivity index (χ3v) is 4.68. The van der Waals surface area contributed by atoms with Gasteiger partial charge in [-0.3, -0.25) is 4.79 Å². The number of halogens is 1. The van der Waals surface area contributed by atoms with Crippen molar-refractivity contribution < 1.29 is 18.7 Å². The quantitative estimate of drug-likeness (QED) is 0.478. The van der Waals surface area contributed by atoms with E-state index in [0.717, 1.165) is 11.1 Å². The molecule has 0 atom stereocenters. The van der Waals surface area contributed by atoms with Gasteiger partial charge in [0.1, 0.15) is 11.3 Å². The zero-order valence-corrected chi connectivity index (χ0v) is 16.7. The molecule has 1 N–H and O–H groups in total. The minimum absolute atomic E-state index is 0.293. The van der Waals surface area contributed by atoms with Crippen molar-refractivity contribution in [3.05, 3.63) is 89.2 Å². The first kappa shape index (κ1) is 20.2. The van der Waals surface area contributed by atoms with Gasteiger partial charge in [-0.1, -0.05) is 17.3 Å². The molecule has 0 bridgehead atoms. The second-order valence-electron chi connectivity index (χ2n) is 6.83. The van der Waals surface area contributed by atoms with Crippen LogP contribution in [-0.4, -0.2) is 33.5 Å². The van der Waals surface area contributed by atoms with Crippen molar-refractivity contribution in [1.29, 1.82) is 0 Å². The number of ether oxygens (including phenoxy) is 1. The van der Waals surface area contributed by atoms with E-state index in [9.17, 15) is 14.0 Å². The molecule has 1 aromatic heterocycles. The Balaban J connectivity index is 1.47. The van der Waals surface area contributed by atoms with Gasteiger partial charge in [0.25, 0.3) is 5.91 Å². The molecule has 1 amide bonds. The Hall–Kier alpha value is -4.07. The Labute approximate surface area is 177 Å². The fourth-order valence-corrected chi connectivity index (χ4v) is 3.10. The summed E-state index contributed by atoms with van der Waals surface area (Å²) in [6.07, 6.45) is 0. The summed E-state index contributed by atoms with van der Waals surface area (Å²) < 4.78 is 19.7. The van der Waals surface area contributed by atoms with Crippen LogP contribution in [0.2, 0.25) is 0 Å². The maximum absolute atomic E-state index is 13.1. The predicted molar refractivity (Wildman–Crippen MR) is 113 cm³/mol. The number of aromatic nitrogens is 3. The molecule has 0 spiro atoms. The van der Waals surface area contributed by atoms with Crippen molar-refractivity contribution in [2.45, 2.75) is 13.5 Å². The highest BCUT2D eigenvalue weighted by atomic mass is 19.1. The lowest BCUT2D eigenvalue weighted by atomic mass is 10.1. The molecule has 7 nitrogen and oxygen atoms in total. The van der Waals surface area contributed by atoms with Gasteiger partial charge in [0.2, 0.25) is 0 Å². The van der Waals surface area contributed by atoms with Gasteiger partial charge in [0, 0.05) is 11.3 Å². The van der Waals surface area contributed by atoms with Crippen LogP contribution < -0.4 is 5.32 Å². The second kappa shape index (κ2) is 8.74. The molecule has 0 radical (unpaired) electrons. The molecule has 0 unspecified atom stereocenters. The molecule has 0 saturated heterocycles. The Morgan fingerprint density at radius 2 is 1.71 bits per heavy atom. The van der Waals surface area contributed by atoms with Crippen molar-refractivity contribution in [2.24, 2.45) is 0 Å². The number of nitrogens with zero attached hydrogens (tertiary/aromatic N) is 3. The lowest BCUT2D eigenvalue weighted by Crippen LogP contribution is -2.12. The number of rotatable bonds is 6. The Morgan fingerprint density at radius 1 is 1.00 bits per heavy atom. The molecule has 4 aromatic rings. The molecule has 0 aliphatic heterocycles. The van der Waals surface area contributed by atoms with E-state index in [2.05, 4.69) is 15.6 Å². The van der Waals surface area contributed by atoms with Crippen LogP contribution in [0.4, 0.5) is 10.1 Å². The van der Waals surface area contributed by atoms with E-state index < -0.39 is 5.97 Å². The largest absolute Gasteiger partial charge is 0.462 e. The molecule has 156 valence electrons. The standard InChI is InChI=1S/C23H19FN4O3/c1-2-31-23(30)16-5-10-19(11-6-16)25-22(29)17-7-12-21-20(13-17)26-27-28(21)14-15-3-8-18(24)9-4-15/h3-13H,2,14H2,1H3,(H,25,29). The van der Waals surface area contributed by atoms with Crippen LogP contribution in [0.5, 0.6) is 0 Å². The fraction of sp³-hybridized carbons (Fsp3) is 0.130. The van der Waals surface area contributed by atoms with Crippen molar-refractivity contribution >= 4 is 28.6 Å². The SMILES string of the molecule is CCOC(=O)c1ccc(NC(=O)c2ccc3c(c2)nnn3Cc2ccc(F)cc2)cc1. The third kappa shape index (κ3) is 4.58. The number of anilines is 1. The van der Waals surface area contributed by atoms with E-state index in [1.807, 2.05) is 0 Å². The van der Waals surface area contributed by atoms with Gasteiger partial charge < -0.3 is 10.1 Å². The zero-order valence-electron chi connectivity index (χ0n) is 16.7. The summed E-state index contributed by atoms with van der Waals surface area (Å²) >= 11 is 0. The molecule has 31 heavy (non-hydrogen) atoms. The molecule has 0 aliphatic rings. The van der Waals surface area contributed by atoms with E-state index in [1.165, 1.54) is 12.1 Å². The summed E-state index contributed by atoms with van der Waals surface area (Å²) in [5.41, 5.74) is 3.63. The summed E-state index contributed by atoms with van der Waals surface area (Å²) in [4.78, 5) is 24.3. The molecule has 3 aromatic carbocycles. The summed E-state index contributed by atoms with van der Waals surface area (Å²) in [5, 5.41) is 11.1. The van der Waals surface area contributed by atoms with E-state index in [0.29, 0.717) is 35.5 Å². The maximum atomic E-state index is 13.1. The molecule has 1 heterocycles. The maximum Gasteiger partial charge on any atom is 0.338 e. The normalized spacial score (nSPS) is 10.8. The van der Waals surface area contributed by atoms with Gasteiger partial charge in [-0.25, -0.2) is 13.9 Å². The highest BCUT2D eigenvalue weighted by molar-refractivity contribution is 6.06. The van der Waals surface area contributed by atoms with E-state index in [-0.39, 0.29) is 11.7 Å². The number of benzene rings is 3. The minimum Gasteiger partial charge on any atom is -0.462 e. The number of amides is 1. The van der Waals surface area contributed by atoms with Crippen LogP contribution in [0.15, 0.2) is 66.7 Å². The smallest absolute Gasteiger partial charge is 0.338 e. The Morgan fingerprint density at radius 3 is 2.42 bits per heavy atom. The topological polar surface area (TPSA) is 86.1 Å². The molecular weight excluding hydrogens is 399 g/mol. The fourth-order valence-electron chi connectivity index (χ4n) is 3.10. The van der Waals surface area contributed by atoms with Gasteiger partial charge in [0.15, 0.2) is 0 Å². The van der Waals surface area contributed by atoms with Crippen LogP contribution in [0.3, 0.4) is 0 Å². The Bertz CT molecular complexity index is 1230. The third-order valence-electron chi connectivity index (χ3n) is 4.68. The molecule has 0 aliphatic carbocycles. The summed E-state index contributed by atoms with van der Waals surface area (Å²) in [5.74, 6) is -1.01. The molecule has 8 heteroatoms. The van der Waals surface area contributed by atoms with E-state index in [4.69, 9.17) is 4.74 Å². The molecule has 0 saturated carbocycles. The number of carbonyl (C=O) groups excluding carboxylic acids is 2. The number of fused-ring (bicyclic) bond motifs is 1. The van der Waals surface area contributed by atoms with Crippen LogP contribution in [-0.2, 0) is 11.3 Å². The predicted octanol–water partition coefficient (Wildman–Crippen LogP) is 4.05. The molecule has 0 fully saturated rings. The van der Waals surface area contributed by atoms with Crippen molar-refractivity contribution in [3.8, 4) is 0 Å². The highest BCUT2D eigenvalue weighted by Gasteiger charge is 2.12. The second-order valence-corrected chi connectivity index (χ2v) is 6.83. The van der Waals surface area contributed by atoms with Gasteiger partial charge in [-0.2, -0.15) is 0 Å². The van der Waals surface area contributed by atoms with Crippen molar-refractivity contribution in [3.63, 3.8) is 0 Å². The van der Waals surface area contributed by atoms with Crippen LogP contribution in [0, 0.1) is 5.82 Å². The molecule has 4 rings (SSSR count). The average molecular weight is 418 g/mol. The van der Waals surface area contributed by atoms with Crippen molar-refractivity contribution in [2.75, 3.05) is 11.9 Å². The van der Waals surface area contributed by atoms with E-state index >= 15 is 0 Å². The van der Waals surface area contributed by atoms with E-state index in [1.54, 1.807) is 66.2 Å². The number of hydrogen-bond acceptors (Lipinski definition) is 5. The first-order valence-electron chi connectivity index (χ1n) is 9.69. The average Bonchev–Trinajstić information content (AvgIpc) is 3.18. The number of nitrogens with one attached hydrogen (secondary N) is 1. The van der Waals surface area contributed by atoms with Gasteiger partial charge in [-0.15, -0.1) is 5.10 Å². The summed E-state index contributed by atoms with van der Waals surface area (Å²) in [7, 11) is 0. The van der Waals surface area contributed by atoms with Crippen molar-refractivity contribution in [1.82, 2.24) is 15.0 Å². The van der Waals surface area contributed by atoms with Crippen LogP contribution >= 0.6 is 0 Å². The number of esters is 1. The summed E-state index contributed by atoms with van der Waals surface area (Å²) in [6, 6.07) is 17.8.